The first kappa shape index (κ1) is 21.3. The van der Waals surface area contributed by atoms with Crippen LogP contribution in [0.1, 0.15) is 18.6 Å². The van der Waals surface area contributed by atoms with E-state index >= 15 is 0 Å². The molecule has 0 unspecified atom stereocenters. The number of piperidine rings is 1. The number of likely N-dealkylation sites (tertiary alicyclic amines) is 1. The van der Waals surface area contributed by atoms with Gasteiger partial charge >= 0.3 is 6.03 Å². The molecule has 1 aromatic heterocycles. The zero-order valence-electron chi connectivity index (χ0n) is 17.2. The van der Waals surface area contributed by atoms with Crippen LogP contribution in [0, 0.1) is 5.92 Å². The Morgan fingerprint density at radius 1 is 1.17 bits per heavy atom. The Bertz CT molecular complexity index is 849. The van der Waals surface area contributed by atoms with Gasteiger partial charge in [-0.2, -0.15) is 0 Å². The molecule has 1 aliphatic heterocycles. The highest BCUT2D eigenvalue weighted by Crippen LogP contribution is 2.25. The number of ether oxygens (including phenoxy) is 2. The summed E-state index contributed by atoms with van der Waals surface area (Å²) in [6.07, 6.45) is 6.46. The number of carbonyl (C=O) groups excluding carboxylic acids is 2. The minimum atomic E-state index is -0.287. The van der Waals surface area contributed by atoms with Crippen molar-refractivity contribution in [1.82, 2.24) is 10.2 Å². The van der Waals surface area contributed by atoms with Crippen LogP contribution in [-0.4, -0.2) is 50.7 Å². The minimum Gasteiger partial charge on any atom is -0.497 e. The normalized spacial score (nSPS) is 14.5. The lowest BCUT2D eigenvalue weighted by Crippen LogP contribution is -2.41. The average Bonchev–Trinajstić information content (AvgIpc) is 3.29. The number of hydrogen-bond acceptors (Lipinski definition) is 5. The summed E-state index contributed by atoms with van der Waals surface area (Å²) in [6, 6.07) is 8.48. The van der Waals surface area contributed by atoms with Crippen LogP contribution >= 0.6 is 0 Å². The maximum Gasteiger partial charge on any atom is 0.319 e. The Hall–Kier alpha value is -3.42. The van der Waals surface area contributed by atoms with Crippen molar-refractivity contribution in [1.29, 1.82) is 0 Å². The lowest BCUT2D eigenvalue weighted by molar-refractivity contribution is -0.127. The van der Waals surface area contributed by atoms with Gasteiger partial charge in [0, 0.05) is 49.6 Å². The van der Waals surface area contributed by atoms with Gasteiger partial charge in [-0.3, -0.25) is 4.79 Å². The maximum atomic E-state index is 12.3. The van der Waals surface area contributed by atoms with Crippen LogP contribution in [0.25, 0.3) is 6.08 Å². The van der Waals surface area contributed by atoms with Crippen LogP contribution in [0.2, 0.25) is 0 Å². The molecule has 8 heteroatoms. The van der Waals surface area contributed by atoms with Gasteiger partial charge in [0.1, 0.15) is 17.3 Å². The summed E-state index contributed by atoms with van der Waals surface area (Å²) < 4.78 is 15.6. The Morgan fingerprint density at radius 3 is 2.47 bits per heavy atom. The van der Waals surface area contributed by atoms with Crippen molar-refractivity contribution in [3.05, 3.63) is 48.4 Å². The van der Waals surface area contributed by atoms with Crippen molar-refractivity contribution in [3.8, 4) is 11.5 Å². The van der Waals surface area contributed by atoms with E-state index in [2.05, 4.69) is 10.6 Å². The molecule has 0 radical (unpaired) electrons. The summed E-state index contributed by atoms with van der Waals surface area (Å²) >= 11 is 0. The van der Waals surface area contributed by atoms with Crippen molar-refractivity contribution in [2.24, 2.45) is 5.92 Å². The zero-order valence-corrected chi connectivity index (χ0v) is 17.2. The van der Waals surface area contributed by atoms with Crippen molar-refractivity contribution >= 4 is 23.7 Å². The van der Waals surface area contributed by atoms with Gasteiger partial charge in [-0.1, -0.05) is 0 Å². The number of rotatable bonds is 7. The Labute approximate surface area is 175 Å². The number of furan rings is 1. The number of urea groups is 1. The number of hydrogen-bond donors (Lipinski definition) is 2. The largest absolute Gasteiger partial charge is 0.497 e. The molecule has 2 heterocycles. The fourth-order valence-corrected chi connectivity index (χ4v) is 3.29. The summed E-state index contributed by atoms with van der Waals surface area (Å²) in [7, 11) is 3.12. The van der Waals surface area contributed by atoms with Gasteiger partial charge in [-0.25, -0.2) is 4.79 Å². The van der Waals surface area contributed by atoms with Crippen LogP contribution in [-0.2, 0) is 4.79 Å². The third-order valence-corrected chi connectivity index (χ3v) is 5.02. The Kier molecular flexibility index (Phi) is 7.37. The van der Waals surface area contributed by atoms with Gasteiger partial charge < -0.3 is 29.4 Å². The first-order valence-electron chi connectivity index (χ1n) is 9.86. The van der Waals surface area contributed by atoms with Crippen LogP contribution in [0.5, 0.6) is 11.5 Å². The van der Waals surface area contributed by atoms with Crippen molar-refractivity contribution in [3.63, 3.8) is 0 Å². The fourth-order valence-electron chi connectivity index (χ4n) is 3.29. The van der Waals surface area contributed by atoms with Crippen LogP contribution in [0.4, 0.5) is 10.5 Å². The number of anilines is 1. The van der Waals surface area contributed by atoms with Crippen molar-refractivity contribution in [2.45, 2.75) is 12.8 Å². The molecule has 3 amide bonds. The van der Waals surface area contributed by atoms with Crippen LogP contribution < -0.4 is 20.1 Å². The molecule has 3 rings (SSSR count). The Morgan fingerprint density at radius 2 is 1.87 bits per heavy atom. The van der Waals surface area contributed by atoms with E-state index < -0.39 is 0 Å². The smallest absolute Gasteiger partial charge is 0.319 e. The molecule has 1 fully saturated rings. The molecular formula is C22H27N3O5. The maximum absolute atomic E-state index is 12.3. The van der Waals surface area contributed by atoms with Crippen molar-refractivity contribution in [2.75, 3.05) is 39.2 Å². The topological polar surface area (TPSA) is 93.0 Å². The second kappa shape index (κ2) is 10.4. The van der Waals surface area contributed by atoms with E-state index in [1.54, 1.807) is 56.9 Å². The molecule has 0 atom stereocenters. The van der Waals surface area contributed by atoms with E-state index in [0.29, 0.717) is 48.5 Å². The standard InChI is InChI=1S/C22H27N3O5/c1-28-19-12-17(13-20(14-19)29-2)24-22(27)23-15-16-7-9-25(10-8-16)21(26)6-5-18-4-3-11-30-18/h3-6,11-14,16H,7-10,15H2,1-2H3,(H2,23,24,27)/b6-5+. The highest BCUT2D eigenvalue weighted by Gasteiger charge is 2.22. The van der Waals surface area contributed by atoms with Gasteiger partial charge in [0.2, 0.25) is 5.91 Å². The summed E-state index contributed by atoms with van der Waals surface area (Å²) in [5.74, 6) is 2.16. The molecule has 1 aromatic carbocycles. The molecule has 2 N–H and O–H groups in total. The first-order chi connectivity index (χ1) is 14.6. The predicted molar refractivity (Wildman–Crippen MR) is 114 cm³/mol. The lowest BCUT2D eigenvalue weighted by Gasteiger charge is -2.31. The molecular weight excluding hydrogens is 386 g/mol. The summed E-state index contributed by atoms with van der Waals surface area (Å²) in [5.41, 5.74) is 0.590. The third kappa shape index (κ3) is 6.04. The first-order valence-corrected chi connectivity index (χ1v) is 9.86. The van der Waals surface area contributed by atoms with E-state index in [1.165, 1.54) is 6.08 Å². The molecule has 1 aliphatic rings. The second-order valence-electron chi connectivity index (χ2n) is 7.05. The summed E-state index contributed by atoms with van der Waals surface area (Å²) in [5, 5.41) is 5.70. The van der Waals surface area contributed by atoms with E-state index in [9.17, 15) is 9.59 Å². The monoisotopic (exact) mass is 413 g/mol. The summed E-state index contributed by atoms with van der Waals surface area (Å²) in [6.45, 7) is 1.89. The lowest BCUT2D eigenvalue weighted by atomic mass is 9.97. The number of benzene rings is 1. The molecule has 1 saturated heterocycles. The van der Waals surface area contributed by atoms with Crippen LogP contribution in [0.3, 0.4) is 0 Å². The van der Waals surface area contributed by atoms with Gasteiger partial charge in [0.25, 0.3) is 0 Å². The molecule has 0 saturated carbocycles. The second-order valence-corrected chi connectivity index (χ2v) is 7.05. The number of methoxy groups -OCH3 is 2. The predicted octanol–water partition coefficient (Wildman–Crippen LogP) is 3.37. The van der Waals surface area contributed by atoms with Gasteiger partial charge in [-0.05, 0) is 37.0 Å². The molecule has 30 heavy (non-hydrogen) atoms. The van der Waals surface area contributed by atoms with E-state index in [4.69, 9.17) is 13.9 Å². The zero-order chi connectivity index (χ0) is 21.3. The number of amides is 3. The Balaban J connectivity index is 1.41. The average molecular weight is 413 g/mol. The molecule has 0 bridgehead atoms. The van der Waals surface area contributed by atoms with Gasteiger partial charge in [0.15, 0.2) is 0 Å². The molecule has 0 aliphatic carbocycles. The number of nitrogens with zero attached hydrogens (tertiary/aromatic N) is 1. The molecule has 2 aromatic rings. The van der Waals surface area contributed by atoms with E-state index in [-0.39, 0.29) is 11.9 Å². The van der Waals surface area contributed by atoms with Gasteiger partial charge in [-0.15, -0.1) is 0 Å². The molecule has 0 spiro atoms. The van der Waals surface area contributed by atoms with Crippen LogP contribution in [0.15, 0.2) is 47.1 Å². The van der Waals surface area contributed by atoms with E-state index in [0.717, 1.165) is 12.8 Å². The minimum absolute atomic E-state index is 0.0254. The molecule has 8 nitrogen and oxygen atoms in total. The fraction of sp³-hybridized carbons (Fsp3) is 0.364. The van der Waals surface area contributed by atoms with E-state index in [1.807, 2.05) is 4.90 Å². The van der Waals surface area contributed by atoms with Crippen molar-refractivity contribution < 1.29 is 23.5 Å². The molecule has 160 valence electrons. The SMILES string of the molecule is COc1cc(NC(=O)NCC2CCN(C(=O)/C=C/c3ccco3)CC2)cc(OC)c1. The quantitative estimate of drug-likeness (QED) is 0.679. The number of nitrogens with one attached hydrogen (secondary N) is 2. The number of carbonyl (C=O) groups is 2. The third-order valence-electron chi connectivity index (χ3n) is 5.02. The highest BCUT2D eigenvalue weighted by molar-refractivity contribution is 5.91. The van der Waals surface area contributed by atoms with Gasteiger partial charge in [0.05, 0.1) is 20.5 Å². The highest BCUT2D eigenvalue weighted by atomic mass is 16.5. The summed E-state index contributed by atoms with van der Waals surface area (Å²) in [4.78, 5) is 26.3.